The maximum Gasteiger partial charge on any atom is 0.130 e. The Morgan fingerprint density at radius 3 is 2.95 bits per heavy atom. The Hall–Kier alpha value is -1.33. The molecule has 1 N–H and O–H groups in total. The number of aromatic nitrogens is 2. The van der Waals surface area contributed by atoms with E-state index in [1.54, 1.807) is 0 Å². The van der Waals surface area contributed by atoms with Crippen molar-refractivity contribution in [3.63, 3.8) is 0 Å². The highest BCUT2D eigenvalue weighted by Crippen LogP contribution is 2.24. The van der Waals surface area contributed by atoms with Gasteiger partial charge < -0.3 is 14.6 Å². The van der Waals surface area contributed by atoms with Crippen LogP contribution in [-0.4, -0.2) is 16.1 Å². The summed E-state index contributed by atoms with van der Waals surface area (Å²) in [6.45, 7) is 7.53. The molecule has 2 rings (SSSR count). The van der Waals surface area contributed by atoms with Crippen LogP contribution in [0.4, 0.5) is 0 Å². The number of hydrogen-bond acceptors (Lipinski definition) is 3. The van der Waals surface area contributed by atoms with Crippen LogP contribution in [0, 0.1) is 0 Å². The van der Waals surface area contributed by atoms with Gasteiger partial charge in [0.2, 0.25) is 0 Å². The van der Waals surface area contributed by atoms with Crippen molar-refractivity contribution in [1.82, 2.24) is 14.9 Å². The number of nitrogens with zero attached hydrogens (tertiary/aromatic N) is 2. The van der Waals surface area contributed by atoms with E-state index in [0.29, 0.717) is 6.61 Å². The topological polar surface area (TPSA) is 39.1 Å². The van der Waals surface area contributed by atoms with Crippen molar-refractivity contribution in [2.45, 2.75) is 40.0 Å². The summed E-state index contributed by atoms with van der Waals surface area (Å²) in [6.07, 6.45) is 4.82. The average molecular weight is 352 g/mol. The molecular weight excluding hydrogens is 330 g/mol. The van der Waals surface area contributed by atoms with E-state index in [1.165, 1.54) is 5.56 Å². The maximum absolute atomic E-state index is 5.99. The number of aryl methyl sites for hydroxylation is 1. The van der Waals surface area contributed by atoms with E-state index in [9.17, 15) is 0 Å². The Morgan fingerprint density at radius 1 is 1.33 bits per heavy atom. The molecule has 0 bridgehead atoms. The van der Waals surface area contributed by atoms with Gasteiger partial charge in [0.25, 0.3) is 0 Å². The molecule has 4 nitrogen and oxygen atoms in total. The van der Waals surface area contributed by atoms with Gasteiger partial charge >= 0.3 is 0 Å². The minimum absolute atomic E-state index is 0.538. The van der Waals surface area contributed by atoms with Gasteiger partial charge in [-0.2, -0.15) is 0 Å². The fraction of sp³-hybridized carbons (Fsp3) is 0.438. The molecule has 0 spiro atoms. The van der Waals surface area contributed by atoms with Crippen molar-refractivity contribution in [3.8, 4) is 5.75 Å². The first-order chi connectivity index (χ1) is 10.2. The molecule has 2 aromatic rings. The van der Waals surface area contributed by atoms with Crippen molar-refractivity contribution in [3.05, 3.63) is 46.5 Å². The third-order valence-corrected chi connectivity index (χ3v) is 3.77. The van der Waals surface area contributed by atoms with Gasteiger partial charge in [-0.25, -0.2) is 4.98 Å². The van der Waals surface area contributed by atoms with Crippen molar-refractivity contribution < 1.29 is 4.74 Å². The van der Waals surface area contributed by atoms with Crippen LogP contribution in [0.2, 0.25) is 0 Å². The lowest BCUT2D eigenvalue weighted by atomic mass is 10.2. The molecule has 0 saturated carbocycles. The van der Waals surface area contributed by atoms with Gasteiger partial charge in [-0.1, -0.05) is 22.9 Å². The Morgan fingerprint density at radius 2 is 2.19 bits per heavy atom. The predicted molar refractivity (Wildman–Crippen MR) is 88.4 cm³/mol. The number of nitrogens with one attached hydrogen (secondary N) is 1. The van der Waals surface area contributed by atoms with E-state index in [4.69, 9.17) is 4.74 Å². The lowest BCUT2D eigenvalue weighted by Gasteiger charge is -2.13. The SMILES string of the molecule is CCCNCc1cc(Br)ccc1OCc1cncn1CC. The molecule has 1 heterocycles. The Labute approximate surface area is 134 Å². The minimum atomic E-state index is 0.538. The van der Waals surface area contributed by atoms with Crippen LogP contribution in [0.1, 0.15) is 31.5 Å². The standard InChI is InChI=1S/C16H22BrN3O/c1-3-7-18-9-13-8-14(17)5-6-16(13)21-11-15-10-19-12-20(15)4-2/h5-6,8,10,12,18H,3-4,7,9,11H2,1-2H3. The monoisotopic (exact) mass is 351 g/mol. The van der Waals surface area contributed by atoms with Crippen molar-refractivity contribution in [2.24, 2.45) is 0 Å². The van der Waals surface area contributed by atoms with Crippen molar-refractivity contribution in [1.29, 1.82) is 0 Å². The summed E-state index contributed by atoms with van der Waals surface area (Å²) < 4.78 is 9.15. The average Bonchev–Trinajstić information content (AvgIpc) is 2.94. The van der Waals surface area contributed by atoms with Gasteiger partial charge in [-0.15, -0.1) is 0 Å². The van der Waals surface area contributed by atoms with Gasteiger partial charge in [0.05, 0.1) is 18.2 Å². The second-order valence-electron chi connectivity index (χ2n) is 4.89. The van der Waals surface area contributed by atoms with E-state index in [1.807, 2.05) is 24.7 Å². The highest BCUT2D eigenvalue weighted by atomic mass is 79.9. The quantitative estimate of drug-likeness (QED) is 0.736. The van der Waals surface area contributed by atoms with Crippen LogP contribution in [0.15, 0.2) is 35.2 Å². The highest BCUT2D eigenvalue weighted by molar-refractivity contribution is 9.10. The zero-order valence-corrected chi connectivity index (χ0v) is 14.2. The molecule has 1 aromatic carbocycles. The zero-order chi connectivity index (χ0) is 15.1. The predicted octanol–water partition coefficient (Wildman–Crippen LogP) is 3.74. The first-order valence-corrected chi connectivity index (χ1v) is 8.14. The number of ether oxygens (including phenoxy) is 1. The summed E-state index contributed by atoms with van der Waals surface area (Å²) in [5, 5.41) is 3.42. The molecule has 0 aliphatic rings. The van der Waals surface area contributed by atoms with Crippen LogP contribution in [0.3, 0.4) is 0 Å². The van der Waals surface area contributed by atoms with Crippen LogP contribution in [-0.2, 0) is 19.7 Å². The Bertz CT molecular complexity index is 568. The van der Waals surface area contributed by atoms with Crippen LogP contribution in [0.5, 0.6) is 5.75 Å². The first kappa shape index (κ1) is 16.0. The maximum atomic E-state index is 5.99. The molecule has 0 amide bonds. The summed E-state index contributed by atoms with van der Waals surface area (Å²) in [5.74, 6) is 0.922. The van der Waals surface area contributed by atoms with Gasteiger partial charge in [-0.05, 0) is 38.1 Å². The number of halogens is 1. The molecule has 0 radical (unpaired) electrons. The van der Waals surface area contributed by atoms with Gasteiger partial charge in [0.15, 0.2) is 0 Å². The fourth-order valence-corrected chi connectivity index (χ4v) is 2.54. The molecule has 0 aliphatic heterocycles. The molecule has 5 heteroatoms. The third-order valence-electron chi connectivity index (χ3n) is 3.28. The molecule has 21 heavy (non-hydrogen) atoms. The van der Waals surface area contributed by atoms with Gasteiger partial charge in [0, 0.05) is 23.1 Å². The molecular formula is C16H22BrN3O. The van der Waals surface area contributed by atoms with E-state index < -0.39 is 0 Å². The number of rotatable bonds is 8. The highest BCUT2D eigenvalue weighted by Gasteiger charge is 2.07. The number of imidazole rings is 1. The second-order valence-corrected chi connectivity index (χ2v) is 5.80. The molecule has 0 aliphatic carbocycles. The lowest BCUT2D eigenvalue weighted by Crippen LogP contribution is -2.15. The number of hydrogen-bond donors (Lipinski definition) is 1. The summed E-state index contributed by atoms with van der Waals surface area (Å²) >= 11 is 3.52. The Kier molecular flexibility index (Phi) is 6.26. The van der Waals surface area contributed by atoms with E-state index in [0.717, 1.165) is 42.0 Å². The summed E-state index contributed by atoms with van der Waals surface area (Å²) in [6, 6.07) is 6.13. The van der Waals surface area contributed by atoms with Crippen LogP contribution < -0.4 is 10.1 Å². The fourth-order valence-electron chi connectivity index (χ4n) is 2.13. The van der Waals surface area contributed by atoms with E-state index in [2.05, 4.69) is 50.7 Å². The number of benzene rings is 1. The van der Waals surface area contributed by atoms with Gasteiger partial charge in [0.1, 0.15) is 12.4 Å². The van der Waals surface area contributed by atoms with E-state index >= 15 is 0 Å². The summed E-state index contributed by atoms with van der Waals surface area (Å²) in [7, 11) is 0. The minimum Gasteiger partial charge on any atom is -0.487 e. The summed E-state index contributed by atoms with van der Waals surface area (Å²) in [5.41, 5.74) is 2.26. The third kappa shape index (κ3) is 4.58. The molecule has 114 valence electrons. The molecule has 0 atom stereocenters. The Balaban J connectivity index is 2.04. The summed E-state index contributed by atoms with van der Waals surface area (Å²) in [4.78, 5) is 4.17. The van der Waals surface area contributed by atoms with Gasteiger partial charge in [-0.3, -0.25) is 0 Å². The normalized spacial score (nSPS) is 10.8. The van der Waals surface area contributed by atoms with Crippen molar-refractivity contribution >= 4 is 15.9 Å². The molecule has 0 saturated heterocycles. The molecule has 0 unspecified atom stereocenters. The smallest absolute Gasteiger partial charge is 0.130 e. The van der Waals surface area contributed by atoms with Crippen LogP contribution in [0.25, 0.3) is 0 Å². The van der Waals surface area contributed by atoms with Crippen molar-refractivity contribution in [2.75, 3.05) is 6.54 Å². The molecule has 0 fully saturated rings. The first-order valence-electron chi connectivity index (χ1n) is 7.35. The van der Waals surface area contributed by atoms with E-state index in [-0.39, 0.29) is 0 Å². The molecule has 1 aromatic heterocycles. The van der Waals surface area contributed by atoms with Crippen LogP contribution >= 0.6 is 15.9 Å². The lowest BCUT2D eigenvalue weighted by molar-refractivity contribution is 0.291. The second kappa shape index (κ2) is 8.20. The zero-order valence-electron chi connectivity index (χ0n) is 12.6. The largest absolute Gasteiger partial charge is 0.487 e.